The van der Waals surface area contributed by atoms with Crippen molar-refractivity contribution >= 4 is 27.5 Å². The second-order valence-electron chi connectivity index (χ2n) is 10.3. The van der Waals surface area contributed by atoms with Crippen LogP contribution in [0.1, 0.15) is 84.3 Å². The minimum atomic E-state index is 0. The van der Waals surface area contributed by atoms with Crippen LogP contribution in [0.3, 0.4) is 0 Å². The van der Waals surface area contributed by atoms with Gasteiger partial charge in [-0.15, -0.1) is 17.7 Å². The normalized spacial score (nSPS) is 11.7. The molecule has 211 valence electrons. The van der Waals surface area contributed by atoms with Gasteiger partial charge in [0.1, 0.15) is 0 Å². The molecule has 2 aromatic carbocycles. The van der Waals surface area contributed by atoms with Crippen molar-refractivity contribution in [3.63, 3.8) is 0 Å². The fraction of sp³-hybridized carbons (Fsp3) is 0.412. The largest absolute Gasteiger partial charge is 0.512 e. The van der Waals surface area contributed by atoms with E-state index < -0.39 is 0 Å². The molecule has 0 saturated heterocycles. The van der Waals surface area contributed by atoms with Gasteiger partial charge in [-0.1, -0.05) is 77.6 Å². The summed E-state index contributed by atoms with van der Waals surface area (Å²) in [6.45, 7) is 14.5. The number of aliphatic hydroxyl groups excluding tert-OH is 1. The number of carbonyl (C=O) groups is 1. The van der Waals surface area contributed by atoms with Crippen LogP contribution in [0.4, 0.5) is 0 Å². The number of aromatic nitrogens is 1. The summed E-state index contributed by atoms with van der Waals surface area (Å²) in [6, 6.07) is 16.2. The number of carbonyl (C=O) groups excluding carboxylic acids is 1. The van der Waals surface area contributed by atoms with E-state index >= 15 is 0 Å². The molecule has 0 fully saturated rings. The second kappa shape index (κ2) is 15.1. The minimum absolute atomic E-state index is 0. The number of hydrogen-bond donors (Lipinski definition) is 1. The molecule has 0 saturated carbocycles. The Morgan fingerprint density at radius 1 is 0.974 bits per heavy atom. The topological polar surface area (TPSA) is 63.3 Å². The third-order valence-corrected chi connectivity index (χ3v) is 7.39. The van der Waals surface area contributed by atoms with Crippen LogP contribution in [-0.4, -0.2) is 15.9 Å². The number of benzene rings is 2. The maximum atomic E-state index is 11.7. The smallest absolute Gasteiger partial charge is 0.162 e. The van der Waals surface area contributed by atoms with Gasteiger partial charge < -0.3 is 14.5 Å². The van der Waals surface area contributed by atoms with Gasteiger partial charge in [-0.3, -0.25) is 4.79 Å². The predicted molar refractivity (Wildman–Crippen MR) is 158 cm³/mol. The number of pyridine rings is 1. The Bertz CT molecular complexity index is 1390. The maximum absolute atomic E-state index is 11.7. The third-order valence-electron chi connectivity index (χ3n) is 7.39. The van der Waals surface area contributed by atoms with E-state index in [9.17, 15) is 9.90 Å². The molecular formula is C34H42IrNO3-. The van der Waals surface area contributed by atoms with Gasteiger partial charge in [-0.25, -0.2) is 0 Å². The van der Waals surface area contributed by atoms with Crippen LogP contribution in [0.2, 0.25) is 0 Å². The summed E-state index contributed by atoms with van der Waals surface area (Å²) < 4.78 is 5.70. The fourth-order valence-electron chi connectivity index (χ4n) is 4.86. The van der Waals surface area contributed by atoms with Gasteiger partial charge in [-0.2, -0.15) is 0 Å². The zero-order valence-electron chi connectivity index (χ0n) is 24.3. The van der Waals surface area contributed by atoms with E-state index in [1.54, 1.807) is 6.26 Å². The molecule has 4 rings (SSSR count). The van der Waals surface area contributed by atoms with E-state index in [-0.39, 0.29) is 43.5 Å². The number of hydrogen-bond acceptors (Lipinski definition) is 4. The van der Waals surface area contributed by atoms with E-state index in [1.165, 1.54) is 17.0 Å². The number of nitrogens with zero attached hydrogens (tertiary/aromatic N) is 1. The molecule has 1 N–H and O–H groups in total. The van der Waals surface area contributed by atoms with Crippen molar-refractivity contribution in [1.82, 2.24) is 4.98 Å². The van der Waals surface area contributed by atoms with Crippen LogP contribution in [0.15, 0.2) is 65.1 Å². The summed E-state index contributed by atoms with van der Waals surface area (Å²) in [5.74, 6) is 1.06. The summed E-state index contributed by atoms with van der Waals surface area (Å²) in [4.78, 5) is 16.3. The van der Waals surface area contributed by atoms with Crippen molar-refractivity contribution in [3.05, 3.63) is 77.9 Å². The average molecular weight is 705 g/mol. The summed E-state index contributed by atoms with van der Waals surface area (Å²) in [5.41, 5.74) is 5.15. The number of aliphatic hydroxyl groups is 1. The van der Waals surface area contributed by atoms with Crippen molar-refractivity contribution in [2.45, 2.75) is 80.1 Å². The number of furan rings is 1. The van der Waals surface area contributed by atoms with Crippen LogP contribution in [0.5, 0.6) is 0 Å². The molecule has 4 nitrogen and oxygen atoms in total. The number of allylic oxidation sites excluding steroid dienone is 2. The predicted octanol–water partition coefficient (Wildman–Crippen LogP) is 9.75. The molecule has 0 unspecified atom stereocenters. The molecule has 2 heterocycles. The molecule has 2 aromatic heterocycles. The summed E-state index contributed by atoms with van der Waals surface area (Å²) in [7, 11) is 0. The van der Waals surface area contributed by atoms with Gasteiger partial charge in [0.25, 0.3) is 0 Å². The molecule has 0 bridgehead atoms. The molecule has 0 atom stereocenters. The average Bonchev–Trinajstić information content (AvgIpc) is 3.37. The van der Waals surface area contributed by atoms with Crippen molar-refractivity contribution in [2.75, 3.05) is 0 Å². The van der Waals surface area contributed by atoms with Gasteiger partial charge in [0.05, 0.1) is 17.6 Å². The SMILES string of the molecule is CCC(CC)C(=O)/C=C(\O)C(CC)CC.Cc1[c-]c(-c2nccc3cc(C(C)C)ccc23)c2occc2c1.[Ir]. The first-order valence-electron chi connectivity index (χ1n) is 14.0. The van der Waals surface area contributed by atoms with E-state index in [4.69, 9.17) is 4.42 Å². The number of aryl methyl sites for hydroxylation is 1. The summed E-state index contributed by atoms with van der Waals surface area (Å²) in [5, 5.41) is 13.2. The quantitative estimate of drug-likeness (QED) is 0.107. The summed E-state index contributed by atoms with van der Waals surface area (Å²) in [6.07, 6.45) is 8.50. The number of ketones is 1. The second-order valence-corrected chi connectivity index (χ2v) is 10.3. The Morgan fingerprint density at radius 3 is 2.26 bits per heavy atom. The van der Waals surface area contributed by atoms with Gasteiger partial charge >= 0.3 is 0 Å². The first-order valence-corrected chi connectivity index (χ1v) is 14.0. The van der Waals surface area contributed by atoms with Crippen molar-refractivity contribution < 1.29 is 34.4 Å². The first kappa shape index (κ1) is 32.5. The standard InChI is InChI=1S/C21H18NO.C13H24O2.Ir/c1-13(2)15-4-5-18-16(12-15)6-8-22-20(18)19-11-14(3)10-17-7-9-23-21(17)19;1-5-10(6-2)12(14)9-13(15)11(7-3)8-4;/h4-10,12-13H,1-3H3;9-11,14H,5-8H2,1-4H3;/q-1;;/b;12-9-;. The Labute approximate surface area is 247 Å². The Balaban J connectivity index is 0.000000294. The molecule has 39 heavy (non-hydrogen) atoms. The van der Waals surface area contributed by atoms with Gasteiger partial charge in [0, 0.05) is 44.2 Å². The van der Waals surface area contributed by atoms with Crippen molar-refractivity contribution in [1.29, 1.82) is 0 Å². The van der Waals surface area contributed by atoms with Crippen molar-refractivity contribution in [3.8, 4) is 11.3 Å². The van der Waals surface area contributed by atoms with Crippen LogP contribution in [0, 0.1) is 24.8 Å². The Morgan fingerprint density at radius 2 is 1.64 bits per heavy atom. The van der Waals surface area contributed by atoms with Crippen LogP contribution >= 0.6 is 0 Å². The molecule has 0 aliphatic carbocycles. The fourth-order valence-corrected chi connectivity index (χ4v) is 4.86. The van der Waals surface area contributed by atoms with Crippen molar-refractivity contribution in [2.24, 2.45) is 11.8 Å². The van der Waals surface area contributed by atoms with E-state index in [0.717, 1.165) is 58.9 Å². The van der Waals surface area contributed by atoms with E-state index in [1.807, 2.05) is 40.0 Å². The van der Waals surface area contributed by atoms with E-state index in [2.05, 4.69) is 62.2 Å². The maximum Gasteiger partial charge on any atom is 0.162 e. The molecule has 0 amide bonds. The summed E-state index contributed by atoms with van der Waals surface area (Å²) >= 11 is 0. The molecule has 4 aromatic rings. The Hall–Kier alpha value is -2.75. The number of rotatable bonds is 9. The molecule has 0 aliphatic rings. The zero-order valence-corrected chi connectivity index (χ0v) is 26.7. The Kier molecular flexibility index (Phi) is 12.6. The molecule has 1 radical (unpaired) electrons. The van der Waals surface area contributed by atoms with Crippen LogP contribution in [-0.2, 0) is 24.9 Å². The zero-order chi connectivity index (χ0) is 27.8. The number of fused-ring (bicyclic) bond motifs is 2. The molecule has 5 heteroatoms. The molecule has 0 aliphatic heterocycles. The van der Waals surface area contributed by atoms with Crippen LogP contribution in [0.25, 0.3) is 33.0 Å². The minimum Gasteiger partial charge on any atom is -0.512 e. The van der Waals surface area contributed by atoms with Gasteiger partial charge in [0.15, 0.2) is 5.78 Å². The van der Waals surface area contributed by atoms with Gasteiger partial charge in [-0.05, 0) is 65.8 Å². The van der Waals surface area contributed by atoms with Crippen LogP contribution < -0.4 is 0 Å². The molecular weight excluding hydrogens is 663 g/mol. The first-order chi connectivity index (χ1) is 18.2. The third kappa shape index (κ3) is 7.90. The monoisotopic (exact) mass is 705 g/mol. The van der Waals surface area contributed by atoms with E-state index in [0.29, 0.717) is 5.92 Å². The van der Waals surface area contributed by atoms with Gasteiger partial charge in [0.2, 0.25) is 0 Å². The molecule has 0 spiro atoms.